The highest BCUT2D eigenvalue weighted by atomic mass is 79.9. The van der Waals surface area contributed by atoms with Crippen LogP contribution in [-0.4, -0.2) is 35.8 Å². The Morgan fingerprint density at radius 3 is 2.50 bits per heavy atom. The first-order chi connectivity index (χ1) is 7.54. The van der Waals surface area contributed by atoms with Gasteiger partial charge in [0.15, 0.2) is 4.95 Å². The maximum absolute atomic E-state index is 12.1. The Bertz CT molecular complexity index is 461. The third kappa shape index (κ3) is 1.51. The first-order valence-corrected chi connectivity index (χ1v) is 5.73. The number of hydrogen-bond acceptors (Lipinski definition) is 2. The van der Waals surface area contributed by atoms with E-state index in [1.807, 2.05) is 6.07 Å². The summed E-state index contributed by atoms with van der Waals surface area (Å²) in [5.74, 6) is -0.309. The molecule has 1 atom stereocenters. The molecule has 0 spiro atoms. The van der Waals surface area contributed by atoms with Crippen LogP contribution >= 0.6 is 15.9 Å². The number of para-hydroxylation sites is 1. The summed E-state index contributed by atoms with van der Waals surface area (Å²) in [4.78, 5) is 26.3. The normalized spacial score (nSPS) is 20.8. The molecule has 1 aliphatic rings. The number of benzene rings is 1. The Morgan fingerprint density at radius 1 is 1.19 bits per heavy atom. The molecule has 0 fully saturated rings. The first-order valence-electron chi connectivity index (χ1n) is 4.82. The molecule has 0 bridgehead atoms. The van der Waals surface area contributed by atoms with E-state index in [2.05, 4.69) is 15.9 Å². The van der Waals surface area contributed by atoms with Crippen molar-refractivity contribution in [3.8, 4) is 0 Å². The van der Waals surface area contributed by atoms with E-state index in [0.717, 1.165) is 0 Å². The van der Waals surface area contributed by atoms with E-state index in [-0.39, 0.29) is 11.8 Å². The average molecular weight is 283 g/mol. The number of halogens is 1. The maximum atomic E-state index is 12.1. The SMILES string of the molecule is CN1C(=O)[C@@H](Br)N(C)C(=O)c2ccccc21. The number of carbonyl (C=O) groups excluding carboxylic acids is 2. The lowest BCUT2D eigenvalue weighted by Crippen LogP contribution is -2.41. The fraction of sp³-hybridized carbons (Fsp3) is 0.273. The van der Waals surface area contributed by atoms with E-state index in [1.54, 1.807) is 32.3 Å². The summed E-state index contributed by atoms with van der Waals surface area (Å²) in [6, 6.07) is 7.09. The van der Waals surface area contributed by atoms with E-state index in [9.17, 15) is 9.59 Å². The van der Waals surface area contributed by atoms with E-state index in [1.165, 1.54) is 9.80 Å². The molecule has 4 nitrogen and oxygen atoms in total. The summed E-state index contributed by atoms with van der Waals surface area (Å²) in [5, 5.41) is 0. The number of likely N-dealkylation sites (N-methyl/N-ethyl adjacent to an activating group) is 2. The summed E-state index contributed by atoms with van der Waals surface area (Å²) >= 11 is 3.22. The van der Waals surface area contributed by atoms with Crippen molar-refractivity contribution in [3.05, 3.63) is 29.8 Å². The molecule has 2 amide bonds. The van der Waals surface area contributed by atoms with Gasteiger partial charge >= 0.3 is 0 Å². The molecule has 1 aromatic carbocycles. The van der Waals surface area contributed by atoms with Crippen molar-refractivity contribution >= 4 is 33.4 Å². The summed E-state index contributed by atoms with van der Waals surface area (Å²) < 4.78 is 0. The van der Waals surface area contributed by atoms with Crippen LogP contribution in [0.3, 0.4) is 0 Å². The second kappa shape index (κ2) is 3.90. The van der Waals surface area contributed by atoms with Gasteiger partial charge in [0.25, 0.3) is 11.8 Å². The molecule has 0 aromatic heterocycles. The molecule has 2 rings (SSSR count). The predicted octanol–water partition coefficient (Wildman–Crippen LogP) is 1.46. The number of hydrogen-bond donors (Lipinski definition) is 0. The highest BCUT2D eigenvalue weighted by molar-refractivity contribution is 9.10. The lowest BCUT2D eigenvalue weighted by molar-refractivity contribution is -0.119. The minimum absolute atomic E-state index is 0.152. The number of amides is 2. The molecule has 0 unspecified atom stereocenters. The number of alkyl halides is 1. The molecule has 0 radical (unpaired) electrons. The van der Waals surface area contributed by atoms with Crippen LogP contribution in [0.15, 0.2) is 24.3 Å². The molecule has 1 aromatic rings. The molecule has 0 N–H and O–H groups in total. The van der Waals surface area contributed by atoms with Gasteiger partial charge in [0.05, 0.1) is 11.3 Å². The number of fused-ring (bicyclic) bond motifs is 1. The van der Waals surface area contributed by atoms with Gasteiger partial charge in [-0.2, -0.15) is 0 Å². The predicted molar refractivity (Wildman–Crippen MR) is 64.7 cm³/mol. The fourth-order valence-corrected chi connectivity index (χ4v) is 2.18. The van der Waals surface area contributed by atoms with Crippen LogP contribution in [0.25, 0.3) is 0 Å². The maximum Gasteiger partial charge on any atom is 0.260 e. The molecule has 0 saturated heterocycles. The van der Waals surface area contributed by atoms with Crippen LogP contribution < -0.4 is 4.90 Å². The molecular weight excluding hydrogens is 272 g/mol. The minimum atomic E-state index is -0.614. The Kier molecular flexibility index (Phi) is 2.71. The van der Waals surface area contributed by atoms with E-state index in [4.69, 9.17) is 0 Å². The summed E-state index contributed by atoms with van der Waals surface area (Å²) in [6.07, 6.45) is 0. The lowest BCUT2D eigenvalue weighted by atomic mass is 10.1. The van der Waals surface area contributed by atoms with Gasteiger partial charge in [-0.25, -0.2) is 0 Å². The van der Waals surface area contributed by atoms with Crippen LogP contribution in [-0.2, 0) is 4.79 Å². The molecule has 0 aliphatic carbocycles. The van der Waals surface area contributed by atoms with Crippen molar-refractivity contribution in [3.63, 3.8) is 0 Å². The number of carbonyl (C=O) groups is 2. The summed E-state index contributed by atoms with van der Waals surface area (Å²) in [7, 11) is 3.28. The van der Waals surface area contributed by atoms with Gasteiger partial charge in [-0.05, 0) is 12.1 Å². The van der Waals surface area contributed by atoms with Gasteiger partial charge in [0.2, 0.25) is 0 Å². The number of anilines is 1. The van der Waals surface area contributed by atoms with Gasteiger partial charge in [-0.15, -0.1) is 0 Å². The summed E-state index contributed by atoms with van der Waals surface area (Å²) in [5.41, 5.74) is 1.19. The van der Waals surface area contributed by atoms with E-state index in [0.29, 0.717) is 11.3 Å². The monoisotopic (exact) mass is 282 g/mol. The van der Waals surface area contributed by atoms with Gasteiger partial charge < -0.3 is 9.80 Å². The molecule has 16 heavy (non-hydrogen) atoms. The quantitative estimate of drug-likeness (QED) is 0.534. The van der Waals surface area contributed by atoms with Gasteiger partial charge in [-0.1, -0.05) is 28.1 Å². The zero-order valence-electron chi connectivity index (χ0n) is 8.98. The van der Waals surface area contributed by atoms with Gasteiger partial charge in [0, 0.05) is 14.1 Å². The minimum Gasteiger partial charge on any atom is -0.320 e. The fourth-order valence-electron chi connectivity index (χ4n) is 1.68. The standard InChI is InChI=1S/C11H11BrN2O2/c1-13-8-6-4-3-5-7(8)10(15)14(2)9(12)11(13)16/h3-6,9H,1-2H3/t9-/m0/s1. The topological polar surface area (TPSA) is 40.6 Å². The molecule has 84 valence electrons. The van der Waals surface area contributed by atoms with Gasteiger partial charge in [0.1, 0.15) is 0 Å². The molecular formula is C11H11BrN2O2. The molecule has 5 heteroatoms. The van der Waals surface area contributed by atoms with Crippen molar-refractivity contribution in [2.24, 2.45) is 0 Å². The zero-order chi connectivity index (χ0) is 11.9. The van der Waals surface area contributed by atoms with Gasteiger partial charge in [-0.3, -0.25) is 9.59 Å². The Labute approximate surface area is 102 Å². The summed E-state index contributed by atoms with van der Waals surface area (Å²) in [6.45, 7) is 0. The second-order valence-electron chi connectivity index (χ2n) is 3.67. The third-order valence-electron chi connectivity index (χ3n) is 2.69. The number of nitrogens with zero attached hydrogens (tertiary/aromatic N) is 2. The van der Waals surface area contributed by atoms with Crippen molar-refractivity contribution in [1.29, 1.82) is 0 Å². The Hall–Kier alpha value is -1.36. The Balaban J connectivity index is 2.62. The molecule has 1 aliphatic heterocycles. The zero-order valence-corrected chi connectivity index (χ0v) is 10.6. The second-order valence-corrected chi connectivity index (χ2v) is 4.53. The third-order valence-corrected chi connectivity index (χ3v) is 3.70. The van der Waals surface area contributed by atoms with Crippen molar-refractivity contribution < 1.29 is 9.59 Å². The number of rotatable bonds is 0. The Morgan fingerprint density at radius 2 is 1.81 bits per heavy atom. The average Bonchev–Trinajstić information content (AvgIpc) is 2.38. The molecule has 1 heterocycles. The molecule has 0 saturated carbocycles. The first kappa shape index (κ1) is 11.1. The highest BCUT2D eigenvalue weighted by Gasteiger charge is 2.34. The van der Waals surface area contributed by atoms with Crippen LogP contribution in [0.1, 0.15) is 10.4 Å². The van der Waals surface area contributed by atoms with Crippen molar-refractivity contribution in [2.75, 3.05) is 19.0 Å². The smallest absolute Gasteiger partial charge is 0.260 e. The van der Waals surface area contributed by atoms with Crippen LogP contribution in [0.5, 0.6) is 0 Å². The van der Waals surface area contributed by atoms with E-state index < -0.39 is 4.95 Å². The van der Waals surface area contributed by atoms with Crippen LogP contribution in [0.2, 0.25) is 0 Å². The lowest BCUT2D eigenvalue weighted by Gasteiger charge is -2.21. The van der Waals surface area contributed by atoms with Crippen LogP contribution in [0.4, 0.5) is 5.69 Å². The van der Waals surface area contributed by atoms with Crippen LogP contribution in [0, 0.1) is 0 Å². The highest BCUT2D eigenvalue weighted by Crippen LogP contribution is 2.27. The van der Waals surface area contributed by atoms with Crippen molar-refractivity contribution in [1.82, 2.24) is 4.90 Å². The van der Waals surface area contributed by atoms with E-state index >= 15 is 0 Å². The van der Waals surface area contributed by atoms with Crippen molar-refractivity contribution in [2.45, 2.75) is 4.95 Å². The largest absolute Gasteiger partial charge is 0.320 e.